The molecular formula is C21H20Cl2N5O2PS. The van der Waals surface area contributed by atoms with Gasteiger partial charge in [0.1, 0.15) is 12.2 Å². The summed E-state index contributed by atoms with van der Waals surface area (Å²) in [5.41, 5.74) is 2.23. The largest absolute Gasteiger partial charge is 0.379 e. The molecule has 2 aromatic carbocycles. The second-order valence-corrected chi connectivity index (χ2v) is 12.3. The molecular weight excluding hydrogens is 488 g/mol. The van der Waals surface area contributed by atoms with Gasteiger partial charge in [-0.25, -0.2) is 14.1 Å². The van der Waals surface area contributed by atoms with Crippen molar-refractivity contribution in [1.82, 2.24) is 14.5 Å². The van der Waals surface area contributed by atoms with E-state index >= 15 is 0 Å². The number of carbonyl (C=O) groups excluding carboxylic acids is 1. The Morgan fingerprint density at radius 1 is 1.06 bits per heavy atom. The van der Waals surface area contributed by atoms with E-state index in [9.17, 15) is 4.79 Å². The number of anilines is 2. The number of carbonyl (C=O) groups is 1. The van der Waals surface area contributed by atoms with E-state index in [-0.39, 0.29) is 6.03 Å². The average Bonchev–Trinajstić information content (AvgIpc) is 3.14. The molecule has 0 radical (unpaired) electrons. The third-order valence-corrected chi connectivity index (χ3v) is 11.2. The van der Waals surface area contributed by atoms with E-state index in [0.717, 1.165) is 16.7 Å². The fourth-order valence-electron chi connectivity index (χ4n) is 4.10. The number of ether oxygens (including phenoxy) is 1. The number of fused-ring (bicyclic) bond motifs is 1. The summed E-state index contributed by atoms with van der Waals surface area (Å²) in [5.74, 6) is 0.616. The maximum atomic E-state index is 13.6. The standard InChI is InChI=1S/C21H20Cl2N5O2PS/c1-14-19-20(27(25-14)15-5-3-2-4-6-15)24-21(29)28(16-7-8-17(22)18(23)13-16)31(19,32)26-9-11-30-12-10-26/h2-8,13H,9-12H2,1H3,(H,24,29). The van der Waals surface area contributed by atoms with Gasteiger partial charge in [-0.3, -0.25) is 9.99 Å². The SMILES string of the molecule is Cc1nn(-c2ccccc2)c2c1P(=S)(N1CCOCC1)N(c1ccc(Cl)c(Cl)c1)C(=O)N2. The van der Waals surface area contributed by atoms with E-state index in [1.165, 1.54) is 0 Å². The summed E-state index contributed by atoms with van der Waals surface area (Å²) >= 11 is 18.9. The highest BCUT2D eigenvalue weighted by atomic mass is 35.5. The lowest BCUT2D eigenvalue weighted by atomic mass is 10.3. The van der Waals surface area contributed by atoms with E-state index in [1.54, 1.807) is 27.6 Å². The molecule has 5 rings (SSSR count). The zero-order chi connectivity index (χ0) is 22.5. The second kappa shape index (κ2) is 8.45. The fourth-order valence-corrected chi connectivity index (χ4v) is 9.11. The maximum absolute atomic E-state index is 13.6. The molecule has 2 aliphatic rings. The van der Waals surface area contributed by atoms with Gasteiger partial charge < -0.3 is 4.74 Å². The van der Waals surface area contributed by atoms with Crippen LogP contribution in [0.4, 0.5) is 16.3 Å². The van der Waals surface area contributed by atoms with E-state index in [0.29, 0.717) is 47.9 Å². The van der Waals surface area contributed by atoms with Gasteiger partial charge in [0.05, 0.1) is 45.6 Å². The summed E-state index contributed by atoms with van der Waals surface area (Å²) in [7, 11) is 0. The van der Waals surface area contributed by atoms with Crippen LogP contribution in [0.2, 0.25) is 10.0 Å². The van der Waals surface area contributed by atoms with Gasteiger partial charge in [0.2, 0.25) is 0 Å². The van der Waals surface area contributed by atoms with Crippen molar-refractivity contribution in [3.8, 4) is 5.69 Å². The van der Waals surface area contributed by atoms with Crippen molar-refractivity contribution in [2.24, 2.45) is 0 Å². The molecule has 11 heteroatoms. The van der Waals surface area contributed by atoms with Crippen molar-refractivity contribution >= 4 is 64.2 Å². The average molecular weight is 508 g/mol. The number of aromatic nitrogens is 2. The highest BCUT2D eigenvalue weighted by molar-refractivity contribution is 8.18. The molecule has 1 saturated heterocycles. The number of urea groups is 1. The predicted octanol–water partition coefficient (Wildman–Crippen LogP) is 4.81. The normalized spacial score (nSPS) is 21.3. The van der Waals surface area contributed by atoms with Gasteiger partial charge in [-0.05, 0) is 37.3 Å². The van der Waals surface area contributed by atoms with Crippen LogP contribution in [0.3, 0.4) is 0 Å². The molecule has 1 aromatic heterocycles. The quantitative estimate of drug-likeness (QED) is 0.515. The molecule has 2 aliphatic heterocycles. The van der Waals surface area contributed by atoms with E-state index in [2.05, 4.69) is 9.99 Å². The molecule has 0 spiro atoms. The monoisotopic (exact) mass is 507 g/mol. The van der Waals surface area contributed by atoms with Crippen LogP contribution in [0.1, 0.15) is 5.69 Å². The number of nitrogens with zero attached hydrogens (tertiary/aromatic N) is 4. The van der Waals surface area contributed by atoms with Crippen molar-refractivity contribution in [1.29, 1.82) is 0 Å². The first-order valence-corrected chi connectivity index (χ1v) is 13.5. The number of hydrogen-bond acceptors (Lipinski definition) is 4. The molecule has 0 aliphatic carbocycles. The van der Waals surface area contributed by atoms with Crippen LogP contribution in [-0.4, -0.2) is 46.8 Å². The Morgan fingerprint density at radius 2 is 1.78 bits per heavy atom. The minimum absolute atomic E-state index is 0.317. The van der Waals surface area contributed by atoms with Gasteiger partial charge in [0.25, 0.3) is 0 Å². The first kappa shape index (κ1) is 21.9. The molecule has 32 heavy (non-hydrogen) atoms. The molecule has 0 saturated carbocycles. The Kier molecular flexibility index (Phi) is 5.78. The molecule has 1 unspecified atom stereocenters. The smallest absolute Gasteiger partial charge is 0.332 e. The predicted molar refractivity (Wildman–Crippen MR) is 133 cm³/mol. The molecule has 1 fully saturated rings. The van der Waals surface area contributed by atoms with Gasteiger partial charge in [-0.15, -0.1) is 0 Å². The van der Waals surface area contributed by atoms with Crippen LogP contribution in [0.25, 0.3) is 5.69 Å². The van der Waals surface area contributed by atoms with Crippen molar-refractivity contribution < 1.29 is 9.53 Å². The van der Waals surface area contributed by atoms with E-state index in [1.807, 2.05) is 37.3 Å². The third-order valence-electron chi connectivity index (χ3n) is 5.53. The summed E-state index contributed by atoms with van der Waals surface area (Å²) in [5, 5.41) is 9.46. The summed E-state index contributed by atoms with van der Waals surface area (Å²) in [6.45, 7) is 4.28. The van der Waals surface area contributed by atoms with Crippen LogP contribution in [0, 0.1) is 6.92 Å². The number of aryl methyl sites for hydroxylation is 1. The lowest BCUT2D eigenvalue weighted by Crippen LogP contribution is -2.50. The molecule has 166 valence electrons. The zero-order valence-electron chi connectivity index (χ0n) is 17.2. The van der Waals surface area contributed by atoms with Crippen LogP contribution in [-0.2, 0) is 16.5 Å². The topological polar surface area (TPSA) is 62.6 Å². The first-order chi connectivity index (χ1) is 15.4. The van der Waals surface area contributed by atoms with Crippen LogP contribution in [0.15, 0.2) is 48.5 Å². The van der Waals surface area contributed by atoms with Crippen molar-refractivity contribution in [3.63, 3.8) is 0 Å². The van der Waals surface area contributed by atoms with E-state index < -0.39 is 6.34 Å². The highest BCUT2D eigenvalue weighted by Crippen LogP contribution is 2.59. The number of hydrogen-bond donors (Lipinski definition) is 1. The van der Waals surface area contributed by atoms with Gasteiger partial charge >= 0.3 is 6.03 Å². The number of nitrogens with one attached hydrogen (secondary N) is 1. The number of halogens is 2. The number of amides is 2. The maximum Gasteiger partial charge on any atom is 0.332 e. The van der Waals surface area contributed by atoms with Crippen molar-refractivity contribution in [2.75, 3.05) is 36.3 Å². The molecule has 3 heterocycles. The van der Waals surface area contributed by atoms with E-state index in [4.69, 9.17) is 44.8 Å². The Labute approximate surface area is 201 Å². The zero-order valence-corrected chi connectivity index (χ0v) is 20.4. The van der Waals surface area contributed by atoms with Crippen LogP contribution < -0.4 is 15.3 Å². The Morgan fingerprint density at radius 3 is 2.47 bits per heavy atom. The Balaban J connectivity index is 1.75. The summed E-state index contributed by atoms with van der Waals surface area (Å²) in [6.07, 6.45) is -2.82. The van der Waals surface area contributed by atoms with Gasteiger partial charge in [-0.2, -0.15) is 5.10 Å². The van der Waals surface area contributed by atoms with Crippen molar-refractivity contribution in [2.45, 2.75) is 6.92 Å². The number of para-hydroxylation sites is 1. The fraction of sp³-hybridized carbons (Fsp3) is 0.238. The minimum atomic E-state index is -2.82. The molecule has 0 bridgehead atoms. The molecule has 2 amide bonds. The summed E-state index contributed by atoms with van der Waals surface area (Å²) in [6, 6.07) is 14.5. The minimum Gasteiger partial charge on any atom is -0.379 e. The Hall–Kier alpha value is -1.93. The van der Waals surface area contributed by atoms with Crippen LogP contribution >= 0.6 is 29.5 Å². The van der Waals surface area contributed by atoms with Crippen molar-refractivity contribution in [3.05, 3.63) is 64.3 Å². The lowest BCUT2D eigenvalue weighted by Gasteiger charge is -2.46. The van der Waals surface area contributed by atoms with Gasteiger partial charge in [0.15, 0.2) is 0 Å². The van der Waals surface area contributed by atoms with Gasteiger partial charge in [-0.1, -0.05) is 53.2 Å². The highest BCUT2D eigenvalue weighted by Gasteiger charge is 2.47. The molecule has 1 N–H and O–H groups in total. The number of morpholine rings is 1. The number of rotatable bonds is 3. The number of benzene rings is 2. The Bertz CT molecular complexity index is 1250. The lowest BCUT2D eigenvalue weighted by molar-refractivity contribution is 0.0749. The van der Waals surface area contributed by atoms with Crippen LogP contribution in [0.5, 0.6) is 0 Å². The third kappa shape index (κ3) is 3.46. The second-order valence-electron chi connectivity index (χ2n) is 7.48. The van der Waals surface area contributed by atoms with Gasteiger partial charge in [0, 0.05) is 13.1 Å². The molecule has 3 aromatic rings. The first-order valence-electron chi connectivity index (χ1n) is 10.1. The molecule has 1 atom stereocenters. The summed E-state index contributed by atoms with van der Waals surface area (Å²) < 4.78 is 11.2. The molecule has 7 nitrogen and oxygen atoms in total. The summed E-state index contributed by atoms with van der Waals surface area (Å²) in [4.78, 5) is 13.6.